The van der Waals surface area contributed by atoms with Crippen LogP contribution in [0.5, 0.6) is 11.8 Å². The lowest BCUT2D eigenvalue weighted by Gasteiger charge is -2.36. The Morgan fingerprint density at radius 1 is 1.00 bits per heavy atom. The molecule has 16 heteroatoms. The third kappa shape index (κ3) is 5.40. The molecule has 1 aliphatic heterocycles. The predicted molar refractivity (Wildman–Crippen MR) is 139 cm³/mol. The fourth-order valence-electron chi connectivity index (χ4n) is 4.53. The summed E-state index contributed by atoms with van der Waals surface area (Å²) in [5.74, 6) is -0.215. The number of methoxy groups -OCH3 is 3. The van der Waals surface area contributed by atoms with E-state index in [0.29, 0.717) is 17.9 Å². The van der Waals surface area contributed by atoms with Gasteiger partial charge in [-0.1, -0.05) is 0 Å². The quantitative estimate of drug-likeness (QED) is 0.283. The zero-order valence-corrected chi connectivity index (χ0v) is 22.7. The number of sulfone groups is 1. The summed E-state index contributed by atoms with van der Waals surface area (Å²) in [6.07, 6.45) is 6.33. The van der Waals surface area contributed by atoms with E-state index >= 15 is 0 Å². The van der Waals surface area contributed by atoms with Gasteiger partial charge in [-0.3, -0.25) is 9.55 Å². The van der Waals surface area contributed by atoms with Gasteiger partial charge in [0, 0.05) is 38.2 Å². The molecule has 14 nitrogen and oxygen atoms in total. The molecule has 0 N–H and O–H groups in total. The number of piperidine rings is 1. The molecule has 0 bridgehead atoms. The van der Waals surface area contributed by atoms with E-state index in [4.69, 9.17) is 14.2 Å². The summed E-state index contributed by atoms with van der Waals surface area (Å²) in [6, 6.07) is 3.49. The average Bonchev–Trinajstić information content (AvgIpc) is 3.39. The number of aromatic nitrogens is 8. The fourth-order valence-corrected chi connectivity index (χ4v) is 6.23. The van der Waals surface area contributed by atoms with Crippen molar-refractivity contribution in [3.63, 3.8) is 0 Å². The summed E-state index contributed by atoms with van der Waals surface area (Å²) in [5, 5.41) is 7.68. The van der Waals surface area contributed by atoms with Crippen LogP contribution in [-0.2, 0) is 20.3 Å². The van der Waals surface area contributed by atoms with Gasteiger partial charge in [0.1, 0.15) is 12.1 Å². The fraction of sp³-hybridized carbons (Fsp3) is 0.375. The third-order valence-electron chi connectivity index (χ3n) is 6.45. The van der Waals surface area contributed by atoms with Crippen molar-refractivity contribution < 1.29 is 27.0 Å². The molecule has 0 saturated carbocycles. The van der Waals surface area contributed by atoms with Crippen molar-refractivity contribution in [1.82, 2.24) is 39.7 Å². The molecular weight excluding hydrogens is 545 g/mol. The molecule has 1 aliphatic rings. The lowest BCUT2D eigenvalue weighted by molar-refractivity contribution is 0.0897. The van der Waals surface area contributed by atoms with Crippen LogP contribution < -0.4 is 14.4 Å². The van der Waals surface area contributed by atoms with E-state index in [9.17, 15) is 12.8 Å². The molecule has 0 unspecified atom stereocenters. The van der Waals surface area contributed by atoms with Gasteiger partial charge in [-0.05, 0) is 18.6 Å². The number of pyridine rings is 1. The molecule has 0 aliphatic carbocycles. The Balaban J connectivity index is 1.56. The summed E-state index contributed by atoms with van der Waals surface area (Å²) >= 11 is 0. The Morgan fingerprint density at radius 3 is 2.35 bits per heavy atom. The minimum absolute atomic E-state index is 0.0819. The topological polar surface area (TPSA) is 160 Å². The number of nitrogens with zero attached hydrogens (tertiary/aromatic N) is 9. The van der Waals surface area contributed by atoms with Crippen LogP contribution in [0.3, 0.4) is 0 Å². The lowest BCUT2D eigenvalue weighted by atomic mass is 10.1. The van der Waals surface area contributed by atoms with Gasteiger partial charge in [0.15, 0.2) is 33.0 Å². The molecule has 0 aromatic carbocycles. The first-order chi connectivity index (χ1) is 19.3. The molecule has 4 aromatic heterocycles. The highest BCUT2D eigenvalue weighted by molar-refractivity contribution is 7.91. The maximum Gasteiger partial charge on any atom is 0.245 e. The van der Waals surface area contributed by atoms with Crippen molar-refractivity contribution in [2.75, 3.05) is 39.3 Å². The van der Waals surface area contributed by atoms with Gasteiger partial charge in [0.25, 0.3) is 0 Å². The van der Waals surface area contributed by atoms with Crippen molar-refractivity contribution in [3.8, 4) is 28.8 Å². The van der Waals surface area contributed by atoms with Gasteiger partial charge in [-0.25, -0.2) is 22.8 Å². The van der Waals surface area contributed by atoms with Gasteiger partial charge < -0.3 is 19.1 Å². The molecule has 210 valence electrons. The van der Waals surface area contributed by atoms with E-state index < -0.39 is 32.8 Å². The number of halogens is 1. The first-order valence-corrected chi connectivity index (χ1v) is 13.8. The second kappa shape index (κ2) is 11.4. The molecule has 5 rings (SSSR count). The van der Waals surface area contributed by atoms with E-state index in [1.54, 1.807) is 29.4 Å². The number of hydrogen-bond acceptors (Lipinski definition) is 13. The molecular formula is C24H26FN9O5S. The summed E-state index contributed by atoms with van der Waals surface area (Å²) in [4.78, 5) is 22.2. The summed E-state index contributed by atoms with van der Waals surface area (Å²) in [6.45, 7) is 0.434. The van der Waals surface area contributed by atoms with E-state index in [2.05, 4.69) is 35.1 Å². The first-order valence-electron chi connectivity index (χ1n) is 12.1. The zero-order valence-electron chi connectivity index (χ0n) is 21.9. The van der Waals surface area contributed by atoms with Crippen LogP contribution in [0.4, 0.5) is 10.3 Å². The monoisotopic (exact) mass is 571 g/mol. The normalized spacial score (nSPS) is 17.6. The van der Waals surface area contributed by atoms with Gasteiger partial charge in [-0.15, -0.1) is 10.2 Å². The maximum absolute atomic E-state index is 13.9. The molecule has 0 spiro atoms. The Kier molecular flexibility index (Phi) is 7.79. The Hall–Kier alpha value is -4.31. The second-order valence-corrected chi connectivity index (χ2v) is 11.2. The van der Waals surface area contributed by atoms with Crippen molar-refractivity contribution in [2.45, 2.75) is 23.5 Å². The van der Waals surface area contributed by atoms with Crippen LogP contribution in [0.2, 0.25) is 0 Å². The standard InChI is InChI=1S/C24H26FN9O5S/c1-37-17-7-18(12-33(11-17)24-27-9-16(25)10-28-24)40(35,36)13-19-31-32-21(15-5-4-6-26-8-15)34(19)20-22(38-2)29-14-30-23(20)39-3/h4-6,8-10,14,17-18H,7,11-13H2,1-3H3/t17-,18-/m0/s1. The van der Waals surface area contributed by atoms with Crippen LogP contribution in [0, 0.1) is 5.82 Å². The average molecular weight is 572 g/mol. The van der Waals surface area contributed by atoms with Gasteiger partial charge in [0.05, 0.1) is 38.0 Å². The summed E-state index contributed by atoms with van der Waals surface area (Å²) in [7, 11) is 0.479. The summed E-state index contributed by atoms with van der Waals surface area (Å²) in [5.41, 5.74) is 0.810. The van der Waals surface area contributed by atoms with Crippen molar-refractivity contribution >= 4 is 15.8 Å². The lowest BCUT2D eigenvalue weighted by Crippen LogP contribution is -2.50. The van der Waals surface area contributed by atoms with Crippen molar-refractivity contribution in [1.29, 1.82) is 0 Å². The van der Waals surface area contributed by atoms with E-state index in [-0.39, 0.29) is 42.2 Å². The smallest absolute Gasteiger partial charge is 0.245 e. The van der Waals surface area contributed by atoms with Crippen molar-refractivity contribution in [2.24, 2.45) is 0 Å². The Labute approximate surface area is 229 Å². The predicted octanol–water partition coefficient (Wildman–Crippen LogP) is 1.27. The molecule has 1 saturated heterocycles. The molecule has 4 aromatic rings. The molecule has 5 heterocycles. The highest BCUT2D eigenvalue weighted by atomic mass is 32.2. The highest BCUT2D eigenvalue weighted by Crippen LogP contribution is 2.34. The minimum atomic E-state index is -3.88. The minimum Gasteiger partial charge on any atom is -0.479 e. The van der Waals surface area contributed by atoms with Crippen LogP contribution in [0.15, 0.2) is 43.2 Å². The largest absolute Gasteiger partial charge is 0.479 e. The number of anilines is 1. The number of rotatable bonds is 9. The van der Waals surface area contributed by atoms with Gasteiger partial charge in [0.2, 0.25) is 17.7 Å². The van der Waals surface area contributed by atoms with E-state index in [1.165, 1.54) is 32.2 Å². The highest BCUT2D eigenvalue weighted by Gasteiger charge is 2.38. The van der Waals surface area contributed by atoms with Gasteiger partial charge in [-0.2, -0.15) is 9.97 Å². The molecule has 0 radical (unpaired) electrons. The third-order valence-corrected chi connectivity index (χ3v) is 8.47. The second-order valence-electron chi connectivity index (χ2n) is 8.89. The summed E-state index contributed by atoms with van der Waals surface area (Å²) < 4.78 is 59.2. The van der Waals surface area contributed by atoms with Crippen LogP contribution in [0.25, 0.3) is 17.1 Å². The van der Waals surface area contributed by atoms with Crippen LogP contribution in [-0.4, -0.2) is 93.9 Å². The van der Waals surface area contributed by atoms with E-state index in [1.807, 2.05) is 0 Å². The van der Waals surface area contributed by atoms with Crippen molar-refractivity contribution in [3.05, 3.63) is 54.9 Å². The first kappa shape index (κ1) is 27.3. The molecule has 2 atom stereocenters. The maximum atomic E-state index is 13.9. The SMILES string of the molecule is COc1ncnc(OC)c1-n1c(CS(=O)(=O)[C@H]2C[C@H](OC)CN(c3ncc(F)cn3)C2)nnc1-c1cccnc1. The Bertz CT molecular complexity index is 1550. The zero-order chi connectivity index (χ0) is 28.3. The molecule has 1 fully saturated rings. The number of hydrogen-bond donors (Lipinski definition) is 0. The van der Waals surface area contributed by atoms with Crippen LogP contribution in [0.1, 0.15) is 12.2 Å². The van der Waals surface area contributed by atoms with Crippen LogP contribution >= 0.6 is 0 Å². The molecule has 0 amide bonds. The molecule has 40 heavy (non-hydrogen) atoms. The van der Waals surface area contributed by atoms with E-state index in [0.717, 1.165) is 12.4 Å². The number of ether oxygens (including phenoxy) is 3. The Morgan fingerprint density at radius 2 is 1.73 bits per heavy atom. The van der Waals surface area contributed by atoms with Gasteiger partial charge >= 0.3 is 0 Å².